The summed E-state index contributed by atoms with van der Waals surface area (Å²) in [6, 6.07) is 4.81. The first-order chi connectivity index (χ1) is 8.58. The molecule has 3 rings (SSSR count). The molecular formula is C12H4Cl2N2O2. The lowest BCUT2D eigenvalue weighted by molar-refractivity contribution is 1.23. The molecule has 6 heteroatoms. The summed E-state index contributed by atoms with van der Waals surface area (Å²) in [4.78, 5) is 30.6. The average Bonchev–Trinajstić information content (AvgIpc) is 2.86. The summed E-state index contributed by atoms with van der Waals surface area (Å²) in [7, 11) is 0. The zero-order valence-electron chi connectivity index (χ0n) is 8.78. The van der Waals surface area contributed by atoms with Gasteiger partial charge in [-0.05, 0) is 12.1 Å². The average molecular weight is 279 g/mol. The van der Waals surface area contributed by atoms with Crippen molar-refractivity contribution in [1.29, 1.82) is 0 Å². The highest BCUT2D eigenvalue weighted by atomic mass is 35.5. The Balaban J connectivity index is 2.41. The normalized spacial score (nSPS) is 11.2. The quantitative estimate of drug-likeness (QED) is 0.681. The molecule has 0 spiro atoms. The monoisotopic (exact) mass is 278 g/mol. The Hall–Kier alpha value is -1.78. The molecule has 2 aliphatic heterocycles. The molecule has 0 fully saturated rings. The van der Waals surface area contributed by atoms with Crippen LogP contribution in [0.1, 0.15) is 0 Å². The Morgan fingerprint density at radius 2 is 1.78 bits per heavy atom. The molecule has 1 aromatic rings. The van der Waals surface area contributed by atoms with Gasteiger partial charge in [-0.2, -0.15) is 0 Å². The van der Waals surface area contributed by atoms with Crippen LogP contribution in [0.5, 0.6) is 0 Å². The van der Waals surface area contributed by atoms with Gasteiger partial charge >= 0.3 is 0 Å². The predicted octanol–water partition coefficient (Wildman–Crippen LogP) is 1.77. The van der Waals surface area contributed by atoms with Gasteiger partial charge < -0.3 is 0 Å². The number of nitrogens with zero attached hydrogens (tertiary/aromatic N) is 2. The maximum absolute atomic E-state index is 11.6. The first-order valence-corrected chi connectivity index (χ1v) is 5.75. The van der Waals surface area contributed by atoms with Crippen LogP contribution in [-0.2, 0) is 0 Å². The van der Waals surface area contributed by atoms with Crippen molar-refractivity contribution < 1.29 is 0 Å². The van der Waals surface area contributed by atoms with Crippen LogP contribution < -0.4 is 11.1 Å². The molecule has 1 aromatic carbocycles. The van der Waals surface area contributed by atoms with E-state index in [1.165, 1.54) is 6.20 Å². The molecule has 0 unspecified atom stereocenters. The Bertz CT molecular complexity index is 895. The van der Waals surface area contributed by atoms with Gasteiger partial charge in [-0.15, -0.1) is 0 Å². The molecule has 0 saturated carbocycles. The fourth-order valence-corrected chi connectivity index (χ4v) is 2.13. The lowest BCUT2D eigenvalue weighted by Gasteiger charge is -1.99. The SMILES string of the molecule is O=c1nc(-c2ccc(Cl)c(Cl)c2)c2c(=O)ncc1=2. The molecule has 4 nitrogen and oxygen atoms in total. The number of benzene rings is 1. The second-order valence-corrected chi connectivity index (χ2v) is 4.56. The smallest absolute Gasteiger partial charge is 0.267 e. The van der Waals surface area contributed by atoms with Crippen LogP contribution in [-0.4, -0.2) is 9.97 Å². The number of aromatic nitrogens is 2. The molecular weight excluding hydrogens is 275 g/mol. The van der Waals surface area contributed by atoms with Crippen molar-refractivity contribution in [2.45, 2.75) is 0 Å². The molecule has 0 saturated heterocycles. The zero-order chi connectivity index (χ0) is 12.9. The first-order valence-electron chi connectivity index (χ1n) is 4.99. The number of halogens is 2. The lowest BCUT2D eigenvalue weighted by atomic mass is 10.1. The summed E-state index contributed by atoms with van der Waals surface area (Å²) in [5.74, 6) is 0. The Kier molecular flexibility index (Phi) is 2.43. The number of hydrogen-bond donors (Lipinski definition) is 0. The highest BCUT2D eigenvalue weighted by molar-refractivity contribution is 6.42. The third-order valence-corrected chi connectivity index (χ3v) is 3.41. The number of hydrogen-bond acceptors (Lipinski definition) is 4. The molecule has 88 valence electrons. The van der Waals surface area contributed by atoms with Crippen LogP contribution in [0.25, 0.3) is 11.3 Å². The van der Waals surface area contributed by atoms with Crippen molar-refractivity contribution in [3.05, 3.63) is 65.6 Å². The van der Waals surface area contributed by atoms with E-state index in [0.29, 0.717) is 21.3 Å². The van der Waals surface area contributed by atoms with Gasteiger partial charge in [0.15, 0.2) is 0 Å². The van der Waals surface area contributed by atoms with Crippen molar-refractivity contribution in [3.8, 4) is 11.3 Å². The van der Waals surface area contributed by atoms with Gasteiger partial charge in [0.25, 0.3) is 11.1 Å². The van der Waals surface area contributed by atoms with Gasteiger partial charge in [0.2, 0.25) is 0 Å². The molecule has 0 N–H and O–H groups in total. The Morgan fingerprint density at radius 1 is 1.00 bits per heavy atom. The van der Waals surface area contributed by atoms with Crippen molar-refractivity contribution in [2.75, 3.05) is 0 Å². The van der Waals surface area contributed by atoms with Crippen molar-refractivity contribution in [2.24, 2.45) is 0 Å². The van der Waals surface area contributed by atoms with Crippen LogP contribution in [0.4, 0.5) is 0 Å². The van der Waals surface area contributed by atoms with Gasteiger partial charge in [-0.1, -0.05) is 29.3 Å². The van der Waals surface area contributed by atoms with Crippen LogP contribution in [0, 0.1) is 10.4 Å². The molecule has 2 heterocycles. The van der Waals surface area contributed by atoms with E-state index in [-0.39, 0.29) is 10.4 Å². The summed E-state index contributed by atoms with van der Waals surface area (Å²) >= 11 is 11.7. The summed E-state index contributed by atoms with van der Waals surface area (Å²) in [6.07, 6.45) is 1.24. The molecule has 0 bridgehead atoms. The van der Waals surface area contributed by atoms with Crippen LogP contribution in [0.3, 0.4) is 0 Å². The second kappa shape index (κ2) is 3.86. The van der Waals surface area contributed by atoms with Crippen molar-refractivity contribution >= 4 is 23.2 Å². The second-order valence-electron chi connectivity index (χ2n) is 3.75. The summed E-state index contributed by atoms with van der Waals surface area (Å²) in [5.41, 5.74) is -0.0426. The summed E-state index contributed by atoms with van der Waals surface area (Å²) in [6.45, 7) is 0. The van der Waals surface area contributed by atoms with E-state index < -0.39 is 11.1 Å². The molecule has 0 radical (unpaired) electrons. The van der Waals surface area contributed by atoms with Gasteiger partial charge in [0, 0.05) is 11.8 Å². The topological polar surface area (TPSA) is 59.9 Å². The van der Waals surface area contributed by atoms with Crippen molar-refractivity contribution in [3.63, 3.8) is 0 Å². The third-order valence-electron chi connectivity index (χ3n) is 2.67. The maximum atomic E-state index is 11.6. The van der Waals surface area contributed by atoms with Gasteiger partial charge in [0.05, 0.1) is 26.2 Å². The van der Waals surface area contributed by atoms with Crippen molar-refractivity contribution in [1.82, 2.24) is 9.97 Å². The lowest BCUT2D eigenvalue weighted by Crippen LogP contribution is -2.02. The van der Waals surface area contributed by atoms with Crippen LogP contribution >= 0.6 is 23.2 Å². The largest absolute Gasteiger partial charge is 0.280 e. The molecule has 0 atom stereocenters. The van der Waals surface area contributed by atoms with Crippen LogP contribution in [0.15, 0.2) is 34.0 Å². The van der Waals surface area contributed by atoms with E-state index in [9.17, 15) is 9.59 Å². The fraction of sp³-hybridized carbons (Fsp3) is 0. The minimum absolute atomic E-state index is 0.235. The summed E-state index contributed by atoms with van der Waals surface area (Å²) < 4.78 is 0. The first kappa shape index (κ1) is 11.3. The highest BCUT2D eigenvalue weighted by Gasteiger charge is 2.14. The standard InChI is InChI=1S/C12H4Cl2N2O2/c13-7-2-1-5(3-8(7)14)10-9-6(11(17)16-10)4-15-12(9)18/h1-4H. The van der Waals surface area contributed by atoms with E-state index in [4.69, 9.17) is 23.2 Å². The minimum Gasteiger partial charge on any atom is -0.267 e. The predicted molar refractivity (Wildman–Crippen MR) is 67.7 cm³/mol. The van der Waals surface area contributed by atoms with E-state index >= 15 is 0 Å². The minimum atomic E-state index is -0.458. The number of rotatable bonds is 1. The van der Waals surface area contributed by atoms with Gasteiger partial charge in [-0.3, -0.25) is 9.59 Å². The zero-order valence-corrected chi connectivity index (χ0v) is 10.3. The molecule has 2 aliphatic rings. The van der Waals surface area contributed by atoms with E-state index in [2.05, 4.69) is 9.97 Å². The summed E-state index contributed by atoms with van der Waals surface area (Å²) in [5, 5.41) is 1.21. The molecule has 0 aliphatic carbocycles. The van der Waals surface area contributed by atoms with Gasteiger partial charge in [-0.25, -0.2) is 9.97 Å². The van der Waals surface area contributed by atoms with E-state index in [0.717, 1.165) is 0 Å². The Labute approximate surface area is 110 Å². The van der Waals surface area contributed by atoms with Gasteiger partial charge in [0.1, 0.15) is 0 Å². The molecule has 18 heavy (non-hydrogen) atoms. The Morgan fingerprint density at radius 3 is 2.50 bits per heavy atom. The van der Waals surface area contributed by atoms with E-state index in [1.54, 1.807) is 18.2 Å². The van der Waals surface area contributed by atoms with E-state index in [1.807, 2.05) is 0 Å². The molecule has 0 amide bonds. The maximum Gasteiger partial charge on any atom is 0.280 e. The third kappa shape index (κ3) is 1.54. The fourth-order valence-electron chi connectivity index (χ4n) is 1.83. The molecule has 0 aromatic heterocycles. The van der Waals surface area contributed by atoms with Crippen LogP contribution in [0.2, 0.25) is 10.0 Å². The highest BCUT2D eigenvalue weighted by Crippen LogP contribution is 2.27.